The molecule has 142 valence electrons. The van der Waals surface area contributed by atoms with Gasteiger partial charge in [-0.1, -0.05) is 6.07 Å². The lowest BCUT2D eigenvalue weighted by Crippen LogP contribution is -2.42. The zero-order valence-corrected chi connectivity index (χ0v) is 16.3. The topological polar surface area (TPSA) is 73.4 Å². The molecule has 1 aliphatic rings. The third-order valence-corrected chi connectivity index (χ3v) is 4.96. The number of carbonyl (C=O) groups is 1. The van der Waals surface area contributed by atoms with E-state index >= 15 is 0 Å². The van der Waals surface area contributed by atoms with Gasteiger partial charge in [-0.15, -0.1) is 12.4 Å². The third-order valence-electron chi connectivity index (χ3n) is 4.96. The predicted molar refractivity (Wildman–Crippen MR) is 104 cm³/mol. The van der Waals surface area contributed by atoms with E-state index in [1.54, 1.807) is 24.1 Å². The molecule has 6 nitrogen and oxygen atoms in total. The van der Waals surface area contributed by atoms with Gasteiger partial charge in [0, 0.05) is 25.3 Å². The second-order valence-electron chi connectivity index (χ2n) is 6.81. The second kappa shape index (κ2) is 8.56. The molecule has 1 amide bonds. The summed E-state index contributed by atoms with van der Waals surface area (Å²) >= 11 is 0. The highest BCUT2D eigenvalue weighted by Crippen LogP contribution is 2.24. The van der Waals surface area contributed by atoms with E-state index in [1.165, 1.54) is 0 Å². The minimum Gasteiger partial charge on any atom is -0.494 e. The number of hydrogen-bond acceptors (Lipinski definition) is 4. The van der Waals surface area contributed by atoms with Gasteiger partial charge in [0.2, 0.25) is 0 Å². The number of aromatic nitrogens is 2. The molecule has 0 bridgehead atoms. The standard InChI is InChI=1S/C19H26N4O2.ClH/c1-13-4-5-18(25-3)17(12-13)23-11-8-16(21-23)19(24)22-9-6-15(7-10-22)14(2)20;/h4-5,8,11-12,14-15H,6-7,9-10,20H2,1-3H3;1H. The largest absolute Gasteiger partial charge is 0.494 e. The Hall–Kier alpha value is -2.05. The number of piperidine rings is 1. The first-order valence-corrected chi connectivity index (χ1v) is 8.75. The number of methoxy groups -OCH3 is 1. The van der Waals surface area contributed by atoms with Crippen LogP contribution in [-0.2, 0) is 0 Å². The van der Waals surface area contributed by atoms with Gasteiger partial charge < -0.3 is 15.4 Å². The molecule has 2 aromatic rings. The minimum atomic E-state index is -0.0199. The maximum Gasteiger partial charge on any atom is 0.274 e. The second-order valence-corrected chi connectivity index (χ2v) is 6.81. The molecule has 2 heterocycles. The highest BCUT2D eigenvalue weighted by atomic mass is 35.5. The summed E-state index contributed by atoms with van der Waals surface area (Å²) in [7, 11) is 1.63. The van der Waals surface area contributed by atoms with Crippen molar-refractivity contribution in [3.8, 4) is 11.4 Å². The molecule has 7 heteroatoms. The lowest BCUT2D eigenvalue weighted by molar-refractivity contribution is 0.0674. The van der Waals surface area contributed by atoms with E-state index in [1.807, 2.05) is 36.9 Å². The highest BCUT2D eigenvalue weighted by Gasteiger charge is 2.26. The van der Waals surface area contributed by atoms with Gasteiger partial charge in [0.05, 0.1) is 7.11 Å². The van der Waals surface area contributed by atoms with E-state index in [2.05, 4.69) is 5.10 Å². The Morgan fingerprint density at radius 3 is 2.62 bits per heavy atom. The van der Waals surface area contributed by atoms with Crippen LogP contribution in [0.5, 0.6) is 5.75 Å². The van der Waals surface area contributed by atoms with Gasteiger partial charge in [-0.3, -0.25) is 4.79 Å². The number of benzene rings is 1. The molecular formula is C19H27ClN4O2. The Labute approximate surface area is 160 Å². The lowest BCUT2D eigenvalue weighted by atomic mass is 9.91. The predicted octanol–water partition coefficient (Wildman–Crippen LogP) is 2.81. The first-order chi connectivity index (χ1) is 12.0. The lowest BCUT2D eigenvalue weighted by Gasteiger charge is -2.33. The van der Waals surface area contributed by atoms with Gasteiger partial charge >= 0.3 is 0 Å². The number of aryl methyl sites for hydroxylation is 1. The normalized spacial score (nSPS) is 16.1. The van der Waals surface area contributed by atoms with Crippen molar-refractivity contribution in [3.05, 3.63) is 41.7 Å². The van der Waals surface area contributed by atoms with Crippen molar-refractivity contribution < 1.29 is 9.53 Å². The SMILES string of the molecule is COc1ccc(C)cc1-n1ccc(C(=O)N2CCC(C(C)N)CC2)n1.Cl. The average molecular weight is 379 g/mol. The van der Waals surface area contributed by atoms with Crippen LogP contribution in [0, 0.1) is 12.8 Å². The number of nitrogens with two attached hydrogens (primary N) is 1. The van der Waals surface area contributed by atoms with Gasteiger partial charge in [-0.05, 0) is 56.4 Å². The fourth-order valence-electron chi connectivity index (χ4n) is 3.34. The van der Waals surface area contributed by atoms with E-state index in [-0.39, 0.29) is 24.4 Å². The summed E-state index contributed by atoms with van der Waals surface area (Å²) in [5.74, 6) is 1.21. The molecule has 2 N–H and O–H groups in total. The Kier molecular flexibility index (Phi) is 6.67. The van der Waals surface area contributed by atoms with Crippen molar-refractivity contribution in [3.63, 3.8) is 0 Å². The van der Waals surface area contributed by atoms with Crippen molar-refractivity contribution in [2.24, 2.45) is 11.7 Å². The van der Waals surface area contributed by atoms with E-state index in [9.17, 15) is 4.79 Å². The van der Waals surface area contributed by atoms with E-state index < -0.39 is 0 Å². The van der Waals surface area contributed by atoms with Crippen molar-refractivity contribution in [1.29, 1.82) is 0 Å². The Balaban J connectivity index is 0.00000243. The zero-order valence-electron chi connectivity index (χ0n) is 15.5. The zero-order chi connectivity index (χ0) is 18.0. The van der Waals surface area contributed by atoms with Crippen LogP contribution in [0.15, 0.2) is 30.5 Å². The molecule has 26 heavy (non-hydrogen) atoms. The molecular weight excluding hydrogens is 352 g/mol. The molecule has 1 fully saturated rings. The number of halogens is 1. The van der Waals surface area contributed by atoms with Crippen LogP contribution in [0.2, 0.25) is 0 Å². The van der Waals surface area contributed by atoms with Gasteiger partial charge in [-0.2, -0.15) is 5.10 Å². The molecule has 1 aromatic carbocycles. The van der Waals surface area contributed by atoms with Crippen LogP contribution < -0.4 is 10.5 Å². The third kappa shape index (κ3) is 4.19. The quantitative estimate of drug-likeness (QED) is 0.887. The average Bonchev–Trinajstić information content (AvgIpc) is 3.11. The van der Waals surface area contributed by atoms with Gasteiger partial charge in [-0.25, -0.2) is 4.68 Å². The fraction of sp³-hybridized carbons (Fsp3) is 0.474. The van der Waals surface area contributed by atoms with E-state index in [0.717, 1.165) is 42.9 Å². The maximum absolute atomic E-state index is 12.7. The van der Waals surface area contributed by atoms with Crippen molar-refractivity contribution in [2.45, 2.75) is 32.7 Å². The molecule has 0 radical (unpaired) electrons. The van der Waals surface area contributed by atoms with Crippen LogP contribution in [0.4, 0.5) is 0 Å². The van der Waals surface area contributed by atoms with E-state index in [0.29, 0.717) is 11.6 Å². The number of amides is 1. The van der Waals surface area contributed by atoms with Gasteiger partial charge in [0.15, 0.2) is 5.69 Å². The molecule has 0 aliphatic carbocycles. The molecule has 0 saturated carbocycles. The number of carbonyl (C=O) groups excluding carboxylic acids is 1. The summed E-state index contributed by atoms with van der Waals surface area (Å²) in [6, 6.07) is 7.84. The Morgan fingerprint density at radius 1 is 1.31 bits per heavy atom. The molecule has 1 aliphatic heterocycles. The fourth-order valence-corrected chi connectivity index (χ4v) is 3.34. The molecule has 1 atom stereocenters. The summed E-state index contributed by atoms with van der Waals surface area (Å²) in [6.07, 6.45) is 3.71. The number of rotatable bonds is 4. The molecule has 3 rings (SSSR count). The number of ether oxygens (including phenoxy) is 1. The van der Waals surface area contributed by atoms with Crippen molar-refractivity contribution >= 4 is 18.3 Å². The molecule has 1 aromatic heterocycles. The van der Waals surface area contributed by atoms with Crippen LogP contribution in [0.25, 0.3) is 5.69 Å². The smallest absolute Gasteiger partial charge is 0.274 e. The van der Waals surface area contributed by atoms with Gasteiger partial charge in [0.25, 0.3) is 5.91 Å². The highest BCUT2D eigenvalue weighted by molar-refractivity contribution is 5.92. The van der Waals surface area contributed by atoms with Gasteiger partial charge in [0.1, 0.15) is 11.4 Å². The Bertz CT molecular complexity index is 752. The first-order valence-electron chi connectivity index (χ1n) is 8.75. The summed E-state index contributed by atoms with van der Waals surface area (Å²) in [5, 5.41) is 4.48. The molecule has 1 unspecified atom stereocenters. The van der Waals surface area contributed by atoms with Crippen LogP contribution in [-0.4, -0.2) is 46.8 Å². The van der Waals surface area contributed by atoms with Crippen LogP contribution >= 0.6 is 12.4 Å². The van der Waals surface area contributed by atoms with Crippen LogP contribution in [0.1, 0.15) is 35.8 Å². The first kappa shape index (κ1) is 20.3. The summed E-state index contributed by atoms with van der Waals surface area (Å²) < 4.78 is 7.11. The summed E-state index contributed by atoms with van der Waals surface area (Å²) in [4.78, 5) is 14.6. The van der Waals surface area contributed by atoms with E-state index in [4.69, 9.17) is 10.5 Å². The maximum atomic E-state index is 12.7. The van der Waals surface area contributed by atoms with Crippen molar-refractivity contribution in [1.82, 2.24) is 14.7 Å². The number of nitrogens with zero attached hydrogens (tertiary/aromatic N) is 3. The van der Waals surface area contributed by atoms with Crippen LogP contribution in [0.3, 0.4) is 0 Å². The summed E-state index contributed by atoms with van der Waals surface area (Å²) in [5.41, 5.74) is 8.38. The number of likely N-dealkylation sites (tertiary alicyclic amines) is 1. The molecule has 1 saturated heterocycles. The van der Waals surface area contributed by atoms with Crippen molar-refractivity contribution in [2.75, 3.05) is 20.2 Å². The Morgan fingerprint density at radius 2 is 2.00 bits per heavy atom. The minimum absolute atomic E-state index is 0. The molecule has 0 spiro atoms. The monoisotopic (exact) mass is 378 g/mol. The number of hydrogen-bond donors (Lipinski definition) is 1. The summed E-state index contributed by atoms with van der Waals surface area (Å²) in [6.45, 7) is 5.54.